The Morgan fingerprint density at radius 2 is 2.50 bits per heavy atom. The van der Waals surface area contributed by atoms with Gasteiger partial charge in [-0.1, -0.05) is 12.2 Å². The van der Waals surface area contributed by atoms with Crippen LogP contribution in [-0.2, 0) is 6.54 Å². The summed E-state index contributed by atoms with van der Waals surface area (Å²) in [6.45, 7) is 1.24. The van der Waals surface area contributed by atoms with E-state index in [0.29, 0.717) is 6.54 Å². The topological polar surface area (TPSA) is 71.2 Å². The molecule has 0 aromatic carbocycles. The Hall–Kier alpha value is -1.40. The van der Waals surface area contributed by atoms with Crippen molar-refractivity contribution in [2.75, 3.05) is 6.54 Å². The number of amides is 2. The van der Waals surface area contributed by atoms with Gasteiger partial charge in [-0.15, -0.1) is 11.3 Å². The van der Waals surface area contributed by atoms with Gasteiger partial charge in [0.05, 0.1) is 6.04 Å². The van der Waals surface area contributed by atoms with Gasteiger partial charge < -0.3 is 16.0 Å². The van der Waals surface area contributed by atoms with Crippen molar-refractivity contribution in [3.8, 4) is 0 Å². The first-order chi connectivity index (χ1) is 7.78. The Balaban J connectivity index is 1.92. The van der Waals surface area contributed by atoms with E-state index in [0.717, 1.165) is 16.4 Å². The zero-order valence-corrected chi connectivity index (χ0v) is 9.41. The molecule has 2 aliphatic rings. The van der Waals surface area contributed by atoms with Crippen LogP contribution in [0.3, 0.4) is 0 Å². The van der Waals surface area contributed by atoms with E-state index in [1.807, 2.05) is 17.1 Å². The van der Waals surface area contributed by atoms with E-state index in [2.05, 4.69) is 10.3 Å². The average Bonchev–Trinajstić information content (AvgIpc) is 2.86. The number of hydrogen-bond acceptors (Lipinski definition) is 4. The highest BCUT2D eigenvalue weighted by Gasteiger charge is 2.36. The lowest BCUT2D eigenvalue weighted by Gasteiger charge is -2.24. The molecule has 1 fully saturated rings. The number of nitrogens with zero attached hydrogens (tertiary/aromatic N) is 2. The fourth-order valence-electron chi connectivity index (χ4n) is 2.04. The summed E-state index contributed by atoms with van der Waals surface area (Å²) in [7, 11) is 0. The Bertz CT molecular complexity index is 455. The zero-order chi connectivity index (χ0) is 11.1. The van der Waals surface area contributed by atoms with E-state index < -0.39 is 0 Å². The van der Waals surface area contributed by atoms with Crippen molar-refractivity contribution < 1.29 is 4.79 Å². The fraction of sp³-hybridized carbons (Fsp3) is 0.400. The molecule has 2 bridgehead atoms. The van der Waals surface area contributed by atoms with Crippen LogP contribution < -0.4 is 11.1 Å². The van der Waals surface area contributed by atoms with E-state index in [9.17, 15) is 4.79 Å². The van der Waals surface area contributed by atoms with Crippen molar-refractivity contribution >= 4 is 17.4 Å². The minimum Gasteiger partial charge on any atom is -0.330 e. The van der Waals surface area contributed by atoms with Crippen molar-refractivity contribution in [1.82, 2.24) is 15.2 Å². The van der Waals surface area contributed by atoms with E-state index >= 15 is 0 Å². The smallest absolute Gasteiger partial charge is 0.318 e. The Kier molecular flexibility index (Phi) is 2.19. The minimum absolute atomic E-state index is 0.00972. The van der Waals surface area contributed by atoms with Crippen LogP contribution in [0.15, 0.2) is 18.3 Å². The molecule has 0 radical (unpaired) electrons. The number of nitrogens with two attached hydrogens (primary N) is 1. The molecule has 2 atom stereocenters. The number of nitrogens with one attached hydrogen (secondary N) is 1. The van der Waals surface area contributed by atoms with Gasteiger partial charge in [0.25, 0.3) is 0 Å². The van der Waals surface area contributed by atoms with Crippen LogP contribution in [0.5, 0.6) is 0 Å². The Morgan fingerprint density at radius 3 is 3.25 bits per heavy atom. The second kappa shape index (κ2) is 3.57. The fourth-order valence-corrected chi connectivity index (χ4v) is 2.93. The lowest BCUT2D eigenvalue weighted by atomic mass is 10.1. The second-order valence-corrected chi connectivity index (χ2v) is 5.05. The lowest BCUT2D eigenvalue weighted by molar-refractivity contribution is 0.207. The van der Waals surface area contributed by atoms with Gasteiger partial charge in [-0.25, -0.2) is 9.78 Å². The largest absolute Gasteiger partial charge is 0.330 e. The van der Waals surface area contributed by atoms with Gasteiger partial charge >= 0.3 is 6.03 Å². The monoisotopic (exact) mass is 236 g/mol. The first-order valence-electron chi connectivity index (χ1n) is 5.18. The molecule has 3 rings (SSSR count). The number of aromatic nitrogens is 1. The minimum atomic E-state index is -0.0240. The molecule has 2 unspecified atom stereocenters. The van der Waals surface area contributed by atoms with Gasteiger partial charge in [0.1, 0.15) is 11.0 Å². The quantitative estimate of drug-likeness (QED) is 0.739. The van der Waals surface area contributed by atoms with Gasteiger partial charge in [-0.05, 0) is 0 Å². The van der Waals surface area contributed by atoms with Crippen LogP contribution in [0, 0.1) is 0 Å². The van der Waals surface area contributed by atoms with Gasteiger partial charge in [0.15, 0.2) is 0 Å². The first kappa shape index (κ1) is 9.80. The molecule has 84 valence electrons. The first-order valence-corrected chi connectivity index (χ1v) is 5.99. The third-order valence-electron chi connectivity index (χ3n) is 2.85. The maximum Gasteiger partial charge on any atom is 0.318 e. The van der Waals surface area contributed by atoms with E-state index in [1.54, 1.807) is 17.5 Å². The number of urea groups is 1. The van der Waals surface area contributed by atoms with Crippen LogP contribution in [0.2, 0.25) is 0 Å². The number of hydrogen-bond donors (Lipinski definition) is 2. The molecule has 3 heterocycles. The van der Waals surface area contributed by atoms with Gasteiger partial charge in [-0.2, -0.15) is 0 Å². The summed E-state index contributed by atoms with van der Waals surface area (Å²) in [5.74, 6) is 0. The van der Waals surface area contributed by atoms with Crippen molar-refractivity contribution in [2.45, 2.75) is 18.6 Å². The number of fused-ring (bicyclic) bond motifs is 2. The molecule has 1 aromatic rings. The van der Waals surface area contributed by atoms with Crippen LogP contribution >= 0.6 is 11.3 Å². The van der Waals surface area contributed by atoms with Gasteiger partial charge in [0.2, 0.25) is 0 Å². The highest BCUT2D eigenvalue weighted by molar-refractivity contribution is 7.11. The molecule has 2 aliphatic heterocycles. The molecule has 3 N–H and O–H groups in total. The molecule has 0 aliphatic carbocycles. The number of thiazole rings is 1. The molecule has 5 nitrogen and oxygen atoms in total. The molecule has 0 spiro atoms. The Morgan fingerprint density at radius 1 is 1.62 bits per heavy atom. The predicted octanol–water partition coefficient (Wildman–Crippen LogP) is 0.606. The number of carbonyl (C=O) groups excluding carboxylic acids is 1. The summed E-state index contributed by atoms with van der Waals surface area (Å²) in [4.78, 5) is 18.8. The third kappa shape index (κ3) is 1.42. The maximum absolute atomic E-state index is 11.6. The SMILES string of the molecule is NCc1cnc(C2C=CC3CN2C(=O)N3)s1. The van der Waals surface area contributed by atoms with Crippen LogP contribution in [0.25, 0.3) is 0 Å². The lowest BCUT2D eigenvalue weighted by Crippen LogP contribution is -2.31. The molecule has 6 heteroatoms. The van der Waals surface area contributed by atoms with Crippen LogP contribution in [0.4, 0.5) is 4.79 Å². The van der Waals surface area contributed by atoms with Crippen molar-refractivity contribution in [3.05, 3.63) is 28.2 Å². The molecular weight excluding hydrogens is 224 g/mol. The second-order valence-electron chi connectivity index (χ2n) is 3.91. The van der Waals surface area contributed by atoms with Crippen molar-refractivity contribution in [2.24, 2.45) is 5.73 Å². The molecule has 1 saturated heterocycles. The van der Waals surface area contributed by atoms with E-state index in [1.165, 1.54) is 0 Å². The summed E-state index contributed by atoms with van der Waals surface area (Å²) >= 11 is 1.57. The predicted molar refractivity (Wildman–Crippen MR) is 60.9 cm³/mol. The van der Waals surface area contributed by atoms with Crippen molar-refractivity contribution in [1.29, 1.82) is 0 Å². The van der Waals surface area contributed by atoms with Crippen LogP contribution in [-0.4, -0.2) is 28.5 Å². The molecule has 1 aromatic heterocycles. The molecular formula is C10H12N4OS. The third-order valence-corrected chi connectivity index (χ3v) is 3.94. The van der Waals surface area contributed by atoms with E-state index in [4.69, 9.17) is 5.73 Å². The highest BCUT2D eigenvalue weighted by Crippen LogP contribution is 2.31. The van der Waals surface area contributed by atoms with Crippen LogP contribution in [0.1, 0.15) is 15.9 Å². The average molecular weight is 236 g/mol. The molecule has 16 heavy (non-hydrogen) atoms. The molecule has 2 amide bonds. The summed E-state index contributed by atoms with van der Waals surface area (Å²) in [6, 6.07) is 0.131. The van der Waals surface area contributed by atoms with Gasteiger partial charge in [-0.3, -0.25) is 0 Å². The summed E-state index contributed by atoms with van der Waals surface area (Å²) in [5, 5.41) is 3.83. The summed E-state index contributed by atoms with van der Waals surface area (Å²) in [6.07, 6.45) is 5.86. The number of rotatable bonds is 2. The summed E-state index contributed by atoms with van der Waals surface area (Å²) < 4.78 is 0. The molecule has 0 saturated carbocycles. The van der Waals surface area contributed by atoms with Crippen molar-refractivity contribution in [3.63, 3.8) is 0 Å². The standard InChI is InChI=1S/C10H12N4OS/c11-3-7-4-12-9(16-7)8-2-1-6-5-14(8)10(15)13-6/h1-2,4,6,8H,3,5,11H2,(H,13,15). The number of carbonyl (C=O) groups is 1. The Labute approximate surface area is 97.0 Å². The summed E-state index contributed by atoms with van der Waals surface area (Å²) in [5.41, 5.74) is 5.55. The van der Waals surface area contributed by atoms with Gasteiger partial charge in [0, 0.05) is 24.2 Å². The normalized spacial score (nSPS) is 27.3. The maximum atomic E-state index is 11.6. The van der Waals surface area contributed by atoms with E-state index in [-0.39, 0.29) is 18.1 Å². The zero-order valence-electron chi connectivity index (χ0n) is 8.59. The highest BCUT2D eigenvalue weighted by atomic mass is 32.1.